The molecule has 19 heavy (non-hydrogen) atoms. The molecule has 0 atom stereocenters. The van der Waals surface area contributed by atoms with Crippen LogP contribution in [-0.4, -0.2) is 34.6 Å². The SMILES string of the molecule is CCN1CCC(O)(c2ccc3cccnc3c2)CC1. The molecule has 100 valence electrons. The van der Waals surface area contributed by atoms with Crippen LogP contribution in [0.5, 0.6) is 0 Å². The minimum atomic E-state index is -0.683. The summed E-state index contributed by atoms with van der Waals surface area (Å²) in [5.41, 5.74) is 1.29. The molecule has 3 rings (SSSR count). The molecule has 1 aliphatic rings. The molecule has 1 aliphatic heterocycles. The molecule has 0 amide bonds. The molecule has 1 N–H and O–H groups in total. The van der Waals surface area contributed by atoms with E-state index in [4.69, 9.17) is 0 Å². The Morgan fingerprint density at radius 3 is 2.79 bits per heavy atom. The molecule has 0 unspecified atom stereocenters. The van der Waals surface area contributed by atoms with E-state index in [1.165, 1.54) is 0 Å². The molecular formula is C16H20N2O. The van der Waals surface area contributed by atoms with E-state index in [9.17, 15) is 5.11 Å². The zero-order valence-corrected chi connectivity index (χ0v) is 11.3. The predicted molar refractivity (Wildman–Crippen MR) is 77.0 cm³/mol. The summed E-state index contributed by atoms with van der Waals surface area (Å²) in [5, 5.41) is 12.0. The number of nitrogens with zero attached hydrogens (tertiary/aromatic N) is 2. The van der Waals surface area contributed by atoms with Crippen molar-refractivity contribution >= 4 is 10.9 Å². The van der Waals surface area contributed by atoms with Crippen molar-refractivity contribution in [1.82, 2.24) is 9.88 Å². The van der Waals surface area contributed by atoms with Crippen LogP contribution in [0.3, 0.4) is 0 Å². The van der Waals surface area contributed by atoms with Gasteiger partial charge in [0.15, 0.2) is 0 Å². The van der Waals surface area contributed by atoms with Gasteiger partial charge in [-0.05, 0) is 37.1 Å². The highest BCUT2D eigenvalue weighted by molar-refractivity contribution is 5.79. The number of hydrogen-bond donors (Lipinski definition) is 1. The zero-order valence-electron chi connectivity index (χ0n) is 11.3. The molecule has 1 fully saturated rings. The monoisotopic (exact) mass is 256 g/mol. The second kappa shape index (κ2) is 4.91. The molecule has 0 bridgehead atoms. The van der Waals surface area contributed by atoms with Crippen molar-refractivity contribution < 1.29 is 5.11 Å². The Morgan fingerprint density at radius 2 is 2.05 bits per heavy atom. The highest BCUT2D eigenvalue weighted by Gasteiger charge is 2.33. The standard InChI is InChI=1S/C16H20N2O/c1-2-18-10-7-16(19,8-11-18)14-6-5-13-4-3-9-17-15(13)12-14/h3-6,9,12,19H,2,7-8,10-11H2,1H3. The number of aromatic nitrogens is 1. The average Bonchev–Trinajstić information content (AvgIpc) is 2.47. The van der Waals surface area contributed by atoms with Crippen LogP contribution >= 0.6 is 0 Å². The van der Waals surface area contributed by atoms with Crippen LogP contribution in [0.2, 0.25) is 0 Å². The molecule has 1 aromatic heterocycles. The van der Waals surface area contributed by atoms with Crippen LogP contribution in [0.4, 0.5) is 0 Å². The zero-order chi connectivity index (χ0) is 13.3. The first-order valence-electron chi connectivity index (χ1n) is 7.01. The Bertz CT molecular complexity index is 574. The molecule has 0 radical (unpaired) electrons. The Hall–Kier alpha value is -1.45. The fraction of sp³-hybridized carbons (Fsp3) is 0.438. The highest BCUT2D eigenvalue weighted by atomic mass is 16.3. The van der Waals surface area contributed by atoms with Crippen LogP contribution in [0, 0.1) is 0 Å². The Kier molecular flexibility index (Phi) is 3.25. The predicted octanol–water partition coefficient (Wildman–Crippen LogP) is 2.54. The first kappa shape index (κ1) is 12.6. The summed E-state index contributed by atoms with van der Waals surface area (Å²) in [6, 6.07) is 10.1. The number of aliphatic hydroxyl groups is 1. The van der Waals surface area contributed by atoms with Crippen molar-refractivity contribution in [2.75, 3.05) is 19.6 Å². The maximum atomic E-state index is 10.9. The van der Waals surface area contributed by atoms with Gasteiger partial charge >= 0.3 is 0 Å². The van der Waals surface area contributed by atoms with Crippen molar-refractivity contribution in [2.24, 2.45) is 0 Å². The van der Waals surface area contributed by atoms with Crippen molar-refractivity contribution in [3.63, 3.8) is 0 Å². The van der Waals surface area contributed by atoms with E-state index in [-0.39, 0.29) is 0 Å². The molecule has 1 saturated heterocycles. The number of pyridine rings is 1. The summed E-state index contributed by atoms with van der Waals surface area (Å²) in [6.07, 6.45) is 3.41. The normalized spacial score (nSPS) is 19.7. The summed E-state index contributed by atoms with van der Waals surface area (Å²) >= 11 is 0. The minimum Gasteiger partial charge on any atom is -0.385 e. The largest absolute Gasteiger partial charge is 0.385 e. The van der Waals surface area contributed by atoms with E-state index < -0.39 is 5.60 Å². The Labute approximate surface area is 113 Å². The van der Waals surface area contributed by atoms with Crippen LogP contribution < -0.4 is 0 Å². The first-order chi connectivity index (χ1) is 9.21. The van der Waals surface area contributed by atoms with Gasteiger partial charge in [0.25, 0.3) is 0 Å². The average molecular weight is 256 g/mol. The van der Waals surface area contributed by atoms with E-state index in [0.717, 1.165) is 48.9 Å². The first-order valence-corrected chi connectivity index (χ1v) is 7.01. The van der Waals surface area contributed by atoms with Crippen molar-refractivity contribution in [1.29, 1.82) is 0 Å². The van der Waals surface area contributed by atoms with Crippen LogP contribution in [0.25, 0.3) is 10.9 Å². The van der Waals surface area contributed by atoms with E-state index in [1.807, 2.05) is 18.2 Å². The molecule has 0 saturated carbocycles. The molecule has 0 spiro atoms. The number of rotatable bonds is 2. The number of likely N-dealkylation sites (tertiary alicyclic amines) is 1. The smallest absolute Gasteiger partial charge is 0.0921 e. The summed E-state index contributed by atoms with van der Waals surface area (Å²) in [4.78, 5) is 6.76. The summed E-state index contributed by atoms with van der Waals surface area (Å²) in [5.74, 6) is 0. The molecule has 2 aromatic rings. The van der Waals surface area contributed by atoms with Gasteiger partial charge in [-0.15, -0.1) is 0 Å². The lowest BCUT2D eigenvalue weighted by molar-refractivity contribution is -0.0246. The Morgan fingerprint density at radius 1 is 1.26 bits per heavy atom. The van der Waals surface area contributed by atoms with E-state index >= 15 is 0 Å². The van der Waals surface area contributed by atoms with Crippen LogP contribution in [0.1, 0.15) is 25.3 Å². The molecular weight excluding hydrogens is 236 g/mol. The van der Waals surface area contributed by atoms with Gasteiger partial charge in [0, 0.05) is 24.7 Å². The van der Waals surface area contributed by atoms with Gasteiger partial charge in [-0.3, -0.25) is 4.98 Å². The lowest BCUT2D eigenvalue weighted by atomic mass is 9.84. The number of hydrogen-bond acceptors (Lipinski definition) is 3. The highest BCUT2D eigenvalue weighted by Crippen LogP contribution is 2.33. The van der Waals surface area contributed by atoms with Gasteiger partial charge in [0.05, 0.1) is 11.1 Å². The summed E-state index contributed by atoms with van der Waals surface area (Å²) < 4.78 is 0. The maximum absolute atomic E-state index is 10.9. The fourth-order valence-electron chi connectivity index (χ4n) is 2.88. The maximum Gasteiger partial charge on any atom is 0.0921 e. The van der Waals surface area contributed by atoms with Crippen molar-refractivity contribution in [3.8, 4) is 0 Å². The third kappa shape index (κ3) is 2.36. The van der Waals surface area contributed by atoms with E-state index in [0.29, 0.717) is 0 Å². The van der Waals surface area contributed by atoms with Gasteiger partial charge in [-0.1, -0.05) is 25.1 Å². The van der Waals surface area contributed by atoms with Gasteiger partial charge in [0.1, 0.15) is 0 Å². The van der Waals surface area contributed by atoms with Gasteiger partial charge < -0.3 is 10.0 Å². The number of piperidine rings is 1. The molecule has 1 aromatic carbocycles. The summed E-state index contributed by atoms with van der Waals surface area (Å²) in [7, 11) is 0. The Balaban J connectivity index is 1.91. The molecule has 3 heteroatoms. The lowest BCUT2D eigenvalue weighted by Crippen LogP contribution is -2.42. The van der Waals surface area contributed by atoms with Crippen LogP contribution in [0.15, 0.2) is 36.5 Å². The lowest BCUT2D eigenvalue weighted by Gasteiger charge is -2.38. The third-order valence-corrected chi connectivity index (χ3v) is 4.27. The van der Waals surface area contributed by atoms with E-state index in [1.54, 1.807) is 6.20 Å². The van der Waals surface area contributed by atoms with Crippen molar-refractivity contribution in [3.05, 3.63) is 42.1 Å². The van der Waals surface area contributed by atoms with Gasteiger partial charge in [-0.25, -0.2) is 0 Å². The van der Waals surface area contributed by atoms with Gasteiger partial charge in [0.2, 0.25) is 0 Å². The molecule has 2 heterocycles. The fourth-order valence-corrected chi connectivity index (χ4v) is 2.88. The minimum absolute atomic E-state index is 0.683. The molecule has 3 nitrogen and oxygen atoms in total. The van der Waals surface area contributed by atoms with Gasteiger partial charge in [-0.2, -0.15) is 0 Å². The van der Waals surface area contributed by atoms with Crippen LogP contribution in [-0.2, 0) is 5.60 Å². The topological polar surface area (TPSA) is 36.4 Å². The number of benzene rings is 1. The summed E-state index contributed by atoms with van der Waals surface area (Å²) in [6.45, 7) is 5.17. The third-order valence-electron chi connectivity index (χ3n) is 4.27. The second-order valence-corrected chi connectivity index (χ2v) is 5.38. The second-order valence-electron chi connectivity index (χ2n) is 5.38. The van der Waals surface area contributed by atoms with Crippen molar-refractivity contribution in [2.45, 2.75) is 25.4 Å². The number of fused-ring (bicyclic) bond motifs is 1. The van der Waals surface area contributed by atoms with E-state index in [2.05, 4.69) is 28.9 Å². The quantitative estimate of drug-likeness (QED) is 0.897. The molecule has 0 aliphatic carbocycles.